The lowest BCUT2D eigenvalue weighted by atomic mass is 9.87. The number of phenols is 1. The summed E-state index contributed by atoms with van der Waals surface area (Å²) in [6, 6.07) is 9.33. The number of rotatable bonds is 5. The van der Waals surface area contributed by atoms with Gasteiger partial charge in [0, 0.05) is 30.5 Å². The fourth-order valence-corrected chi connectivity index (χ4v) is 3.00. The highest BCUT2D eigenvalue weighted by molar-refractivity contribution is 5.86. The Morgan fingerprint density at radius 2 is 1.85 bits per heavy atom. The molecule has 0 unspecified atom stereocenters. The van der Waals surface area contributed by atoms with Crippen molar-refractivity contribution >= 4 is 22.4 Å². The van der Waals surface area contributed by atoms with Crippen LogP contribution in [0.25, 0.3) is 11.0 Å². The van der Waals surface area contributed by atoms with Gasteiger partial charge in [-0.3, -0.25) is 14.9 Å². The highest BCUT2D eigenvalue weighted by atomic mass is 16.6. The number of fused-ring (bicyclic) bond motifs is 1. The van der Waals surface area contributed by atoms with E-state index in [1.54, 1.807) is 0 Å². The number of nitrogens with zero attached hydrogens (tertiary/aromatic N) is 1. The van der Waals surface area contributed by atoms with Gasteiger partial charge in [-0.1, -0.05) is 12.1 Å². The minimum atomic E-state index is -0.852. The molecule has 0 aliphatic heterocycles. The molecule has 27 heavy (non-hydrogen) atoms. The molecule has 0 amide bonds. The lowest BCUT2D eigenvalue weighted by Gasteiger charge is -2.17. The van der Waals surface area contributed by atoms with Crippen molar-refractivity contribution in [2.24, 2.45) is 0 Å². The van der Waals surface area contributed by atoms with Crippen LogP contribution in [-0.2, 0) is 4.79 Å². The molecule has 0 saturated heterocycles. The second-order valence-corrected chi connectivity index (χ2v) is 6.14. The Labute approximate surface area is 152 Å². The van der Waals surface area contributed by atoms with Gasteiger partial charge in [-0.05, 0) is 24.6 Å². The van der Waals surface area contributed by atoms with Gasteiger partial charge >= 0.3 is 5.63 Å². The Morgan fingerprint density at radius 3 is 2.44 bits per heavy atom. The van der Waals surface area contributed by atoms with Crippen molar-refractivity contribution in [3.63, 3.8) is 0 Å². The van der Waals surface area contributed by atoms with E-state index in [0.717, 1.165) is 0 Å². The van der Waals surface area contributed by atoms with Crippen molar-refractivity contribution < 1.29 is 24.3 Å². The summed E-state index contributed by atoms with van der Waals surface area (Å²) in [5.41, 5.74) is -0.638. The minimum absolute atomic E-state index is 0.00604. The molecule has 8 heteroatoms. The van der Waals surface area contributed by atoms with E-state index < -0.39 is 16.5 Å². The highest BCUT2D eigenvalue weighted by Crippen LogP contribution is 2.37. The predicted octanol–water partition coefficient (Wildman–Crippen LogP) is 3.22. The summed E-state index contributed by atoms with van der Waals surface area (Å²) < 4.78 is 5.21. The number of carbonyl (C=O) groups is 1. The molecule has 3 rings (SSSR count). The van der Waals surface area contributed by atoms with Crippen LogP contribution in [0.5, 0.6) is 11.5 Å². The van der Waals surface area contributed by atoms with Gasteiger partial charge < -0.3 is 14.6 Å². The van der Waals surface area contributed by atoms with Crippen LogP contribution < -0.4 is 5.63 Å². The number of carbonyl (C=O) groups excluding carboxylic acids is 1. The number of hydrogen-bond acceptors (Lipinski definition) is 7. The summed E-state index contributed by atoms with van der Waals surface area (Å²) >= 11 is 0. The molecule has 0 aliphatic carbocycles. The van der Waals surface area contributed by atoms with Gasteiger partial charge in [0.15, 0.2) is 0 Å². The van der Waals surface area contributed by atoms with Gasteiger partial charge in [0.05, 0.1) is 15.9 Å². The molecule has 138 valence electrons. The van der Waals surface area contributed by atoms with Crippen LogP contribution in [0.1, 0.15) is 30.4 Å². The fourth-order valence-electron chi connectivity index (χ4n) is 3.00. The number of nitro groups is 1. The molecule has 1 heterocycles. The van der Waals surface area contributed by atoms with E-state index in [2.05, 4.69) is 0 Å². The molecular weight excluding hydrogens is 354 g/mol. The van der Waals surface area contributed by atoms with E-state index in [1.165, 1.54) is 49.4 Å². The SMILES string of the molecule is CC(=O)C[C@@H](c1ccc([N+](=O)[O-])cc1)c1c(O)c2ccc(O)cc2oc1=O. The molecule has 0 aliphatic rings. The summed E-state index contributed by atoms with van der Waals surface area (Å²) in [7, 11) is 0. The van der Waals surface area contributed by atoms with E-state index >= 15 is 0 Å². The number of aromatic hydroxyl groups is 2. The average Bonchev–Trinajstić information content (AvgIpc) is 2.60. The van der Waals surface area contributed by atoms with Crippen LogP contribution in [0.4, 0.5) is 5.69 Å². The summed E-state index contributed by atoms with van der Waals surface area (Å²) in [5.74, 6) is -1.56. The number of benzene rings is 2. The molecule has 0 fully saturated rings. The number of Topliss-reactive ketones (excluding diaryl/α,β-unsaturated/α-hetero) is 1. The quantitative estimate of drug-likeness (QED) is 0.401. The second kappa shape index (κ2) is 6.91. The molecule has 8 nitrogen and oxygen atoms in total. The number of phenolic OH excluding ortho intramolecular Hbond substituents is 1. The van der Waals surface area contributed by atoms with Gasteiger partial charge in [0.25, 0.3) is 5.69 Å². The van der Waals surface area contributed by atoms with Crippen molar-refractivity contribution in [1.82, 2.24) is 0 Å². The van der Waals surface area contributed by atoms with Gasteiger partial charge in [-0.2, -0.15) is 0 Å². The fraction of sp³-hybridized carbons (Fsp3) is 0.158. The molecule has 1 aromatic heterocycles. The topological polar surface area (TPSA) is 131 Å². The number of ketones is 1. The van der Waals surface area contributed by atoms with E-state index in [4.69, 9.17) is 4.42 Å². The first-order chi connectivity index (χ1) is 12.8. The molecule has 3 aromatic rings. The lowest BCUT2D eigenvalue weighted by molar-refractivity contribution is -0.384. The van der Waals surface area contributed by atoms with Crippen molar-refractivity contribution in [3.05, 3.63) is 74.1 Å². The Kier molecular flexibility index (Phi) is 4.64. The van der Waals surface area contributed by atoms with Crippen molar-refractivity contribution in [1.29, 1.82) is 0 Å². The first-order valence-electron chi connectivity index (χ1n) is 8.00. The summed E-state index contributed by atoms with van der Waals surface area (Å²) in [6.45, 7) is 1.34. The van der Waals surface area contributed by atoms with Crippen LogP contribution in [0, 0.1) is 10.1 Å². The third-order valence-corrected chi connectivity index (χ3v) is 4.24. The predicted molar refractivity (Wildman–Crippen MR) is 96.1 cm³/mol. The van der Waals surface area contributed by atoms with Crippen LogP contribution in [0.2, 0.25) is 0 Å². The zero-order chi connectivity index (χ0) is 19.7. The Bertz CT molecular complexity index is 1100. The third kappa shape index (κ3) is 3.50. The third-order valence-electron chi connectivity index (χ3n) is 4.24. The molecule has 1 atom stereocenters. The lowest BCUT2D eigenvalue weighted by Crippen LogP contribution is -2.16. The zero-order valence-electron chi connectivity index (χ0n) is 14.2. The highest BCUT2D eigenvalue weighted by Gasteiger charge is 2.26. The van der Waals surface area contributed by atoms with Gasteiger partial charge in [0.2, 0.25) is 0 Å². The molecule has 0 radical (unpaired) electrons. The maximum atomic E-state index is 12.5. The minimum Gasteiger partial charge on any atom is -0.508 e. The first kappa shape index (κ1) is 18.1. The molecular formula is C19H15NO7. The van der Waals surface area contributed by atoms with Gasteiger partial charge in [-0.25, -0.2) is 4.79 Å². The monoisotopic (exact) mass is 369 g/mol. The zero-order valence-corrected chi connectivity index (χ0v) is 14.2. The van der Waals surface area contributed by atoms with Gasteiger partial charge in [0.1, 0.15) is 22.9 Å². The van der Waals surface area contributed by atoms with Gasteiger partial charge in [-0.15, -0.1) is 0 Å². The van der Waals surface area contributed by atoms with Crippen molar-refractivity contribution in [2.75, 3.05) is 0 Å². The van der Waals surface area contributed by atoms with Crippen LogP contribution in [0.3, 0.4) is 0 Å². The number of non-ortho nitro benzene ring substituents is 1. The standard InChI is InChI=1S/C19H15NO7/c1-10(21)8-15(11-2-4-12(5-3-11)20(25)26)17-18(23)14-7-6-13(22)9-16(14)27-19(17)24/h2-7,9,15,22-23H,8H2,1H3/t15-/m0/s1. The molecule has 2 N–H and O–H groups in total. The maximum absolute atomic E-state index is 12.5. The average molecular weight is 369 g/mol. The first-order valence-corrected chi connectivity index (χ1v) is 8.00. The maximum Gasteiger partial charge on any atom is 0.343 e. The molecule has 0 bridgehead atoms. The largest absolute Gasteiger partial charge is 0.508 e. The smallest absolute Gasteiger partial charge is 0.343 e. The second-order valence-electron chi connectivity index (χ2n) is 6.14. The van der Waals surface area contributed by atoms with Crippen molar-refractivity contribution in [2.45, 2.75) is 19.3 Å². The Balaban J connectivity index is 2.21. The molecule has 2 aromatic carbocycles. The molecule has 0 spiro atoms. The Morgan fingerprint density at radius 1 is 1.19 bits per heavy atom. The summed E-state index contributed by atoms with van der Waals surface area (Å²) in [5, 5.41) is 31.2. The number of nitro benzene ring substituents is 1. The van der Waals surface area contributed by atoms with Crippen molar-refractivity contribution in [3.8, 4) is 11.5 Å². The molecule has 0 saturated carbocycles. The van der Waals surface area contributed by atoms with Crippen LogP contribution in [0.15, 0.2) is 51.7 Å². The Hall–Kier alpha value is -3.68. The number of hydrogen-bond donors (Lipinski definition) is 2. The normalized spacial score (nSPS) is 12.0. The van der Waals surface area contributed by atoms with Crippen LogP contribution in [-0.4, -0.2) is 20.9 Å². The van der Waals surface area contributed by atoms with E-state index in [0.29, 0.717) is 5.56 Å². The summed E-state index contributed by atoms with van der Waals surface area (Å²) in [6.07, 6.45) is -0.0975. The van der Waals surface area contributed by atoms with E-state index in [-0.39, 0.29) is 45.9 Å². The van der Waals surface area contributed by atoms with E-state index in [9.17, 15) is 29.9 Å². The van der Waals surface area contributed by atoms with Crippen LogP contribution >= 0.6 is 0 Å². The van der Waals surface area contributed by atoms with E-state index in [1.807, 2.05) is 0 Å². The summed E-state index contributed by atoms with van der Waals surface area (Å²) in [4.78, 5) is 34.5.